The molecule has 7 heteroatoms. The van der Waals surface area contributed by atoms with Crippen LogP contribution in [0.4, 0.5) is 5.69 Å². The Morgan fingerprint density at radius 3 is 2.57 bits per heavy atom. The van der Waals surface area contributed by atoms with Gasteiger partial charge in [-0.3, -0.25) is 9.40 Å². The average Bonchev–Trinajstić information content (AvgIpc) is 2.76. The van der Waals surface area contributed by atoms with Crippen molar-refractivity contribution in [1.29, 1.82) is 0 Å². The maximum absolute atomic E-state index is 12.7. The number of rotatable bonds is 6. The van der Waals surface area contributed by atoms with Gasteiger partial charge < -0.3 is 4.74 Å². The molecule has 6 nitrogen and oxygen atoms in total. The van der Waals surface area contributed by atoms with E-state index < -0.39 is 10.0 Å². The van der Waals surface area contributed by atoms with E-state index in [4.69, 9.17) is 4.74 Å². The van der Waals surface area contributed by atoms with Gasteiger partial charge >= 0.3 is 0 Å². The quantitative estimate of drug-likeness (QED) is 0.879. The number of aromatic nitrogens is 2. The molecule has 1 heterocycles. The zero-order valence-electron chi connectivity index (χ0n) is 14.1. The first-order valence-electron chi connectivity index (χ1n) is 7.42. The second-order valence-electron chi connectivity index (χ2n) is 5.77. The van der Waals surface area contributed by atoms with E-state index in [1.165, 1.54) is 0 Å². The lowest BCUT2D eigenvalue weighted by Gasteiger charge is -2.11. The van der Waals surface area contributed by atoms with E-state index in [0.29, 0.717) is 18.0 Å². The van der Waals surface area contributed by atoms with Gasteiger partial charge in [-0.1, -0.05) is 12.1 Å². The van der Waals surface area contributed by atoms with Crippen LogP contribution in [0.25, 0.3) is 0 Å². The predicted octanol–water partition coefficient (Wildman–Crippen LogP) is 3.03. The van der Waals surface area contributed by atoms with Crippen LogP contribution >= 0.6 is 0 Å². The van der Waals surface area contributed by atoms with Crippen LogP contribution in [0.15, 0.2) is 29.2 Å². The topological polar surface area (TPSA) is 73.2 Å². The minimum atomic E-state index is -3.67. The number of hydrogen-bond donors (Lipinski definition) is 1. The molecule has 2 rings (SSSR count). The molecule has 0 bridgehead atoms. The Morgan fingerprint density at radius 2 is 2.00 bits per heavy atom. The van der Waals surface area contributed by atoms with Gasteiger partial charge in [0, 0.05) is 13.2 Å². The van der Waals surface area contributed by atoms with Crippen LogP contribution in [-0.4, -0.2) is 25.3 Å². The molecule has 0 fully saturated rings. The first kappa shape index (κ1) is 17.5. The molecular weight excluding hydrogens is 314 g/mol. The molecular formula is C16H23N3O3S. The van der Waals surface area contributed by atoms with E-state index >= 15 is 0 Å². The molecule has 0 aliphatic carbocycles. The fraction of sp³-hybridized carbons (Fsp3) is 0.438. The summed E-state index contributed by atoms with van der Waals surface area (Å²) in [6.45, 7) is 8.04. The van der Waals surface area contributed by atoms with E-state index in [1.807, 2.05) is 31.5 Å². The van der Waals surface area contributed by atoms with Crippen LogP contribution in [0, 0.1) is 13.8 Å². The molecule has 0 atom stereocenters. The highest BCUT2D eigenvalue weighted by atomic mass is 32.2. The third-order valence-corrected chi connectivity index (χ3v) is 4.92. The Morgan fingerprint density at radius 1 is 1.30 bits per heavy atom. The van der Waals surface area contributed by atoms with Crippen molar-refractivity contribution in [2.75, 3.05) is 11.8 Å². The van der Waals surface area contributed by atoms with Gasteiger partial charge in [0.1, 0.15) is 0 Å². The van der Waals surface area contributed by atoms with Gasteiger partial charge in [0.15, 0.2) is 0 Å². The molecule has 0 aliphatic rings. The zero-order chi connectivity index (χ0) is 17.2. The van der Waals surface area contributed by atoms with Gasteiger partial charge in [0.25, 0.3) is 10.0 Å². The Labute approximate surface area is 137 Å². The maximum atomic E-state index is 12.7. The van der Waals surface area contributed by atoms with E-state index in [1.54, 1.807) is 32.2 Å². The molecule has 0 spiro atoms. The minimum Gasteiger partial charge on any atom is -0.380 e. The highest BCUT2D eigenvalue weighted by Crippen LogP contribution is 2.25. The van der Waals surface area contributed by atoms with Gasteiger partial charge in [-0.25, -0.2) is 8.42 Å². The Kier molecular flexibility index (Phi) is 5.11. The molecule has 1 aromatic carbocycles. The van der Waals surface area contributed by atoms with E-state index in [9.17, 15) is 8.42 Å². The number of anilines is 1. The maximum Gasteiger partial charge on any atom is 0.262 e. The first-order chi connectivity index (χ1) is 10.8. The molecule has 1 aromatic heterocycles. The van der Waals surface area contributed by atoms with Crippen molar-refractivity contribution < 1.29 is 13.2 Å². The summed E-state index contributed by atoms with van der Waals surface area (Å²) < 4.78 is 34.8. The van der Waals surface area contributed by atoms with Crippen LogP contribution in [0.2, 0.25) is 0 Å². The van der Waals surface area contributed by atoms with Crippen molar-refractivity contribution in [2.45, 2.75) is 45.2 Å². The summed E-state index contributed by atoms with van der Waals surface area (Å²) in [6.07, 6.45) is 0. The molecule has 0 saturated heterocycles. The SMILES string of the molecule is COCc1cccc(S(=O)(=O)Nc2c(C)nn(C(C)C)c2C)c1. The van der Waals surface area contributed by atoms with E-state index in [-0.39, 0.29) is 10.9 Å². The molecule has 0 unspecified atom stereocenters. The van der Waals surface area contributed by atoms with Gasteiger partial charge in [-0.05, 0) is 45.4 Å². The summed E-state index contributed by atoms with van der Waals surface area (Å²) in [5.41, 5.74) is 2.81. The van der Waals surface area contributed by atoms with Gasteiger partial charge in [-0.15, -0.1) is 0 Å². The first-order valence-corrected chi connectivity index (χ1v) is 8.91. The van der Waals surface area contributed by atoms with Crippen molar-refractivity contribution in [3.05, 3.63) is 41.2 Å². The van der Waals surface area contributed by atoms with Gasteiger partial charge in [0.2, 0.25) is 0 Å². The smallest absolute Gasteiger partial charge is 0.262 e. The van der Waals surface area contributed by atoms with E-state index in [2.05, 4.69) is 9.82 Å². The lowest BCUT2D eigenvalue weighted by molar-refractivity contribution is 0.184. The summed E-state index contributed by atoms with van der Waals surface area (Å²) in [5, 5.41) is 4.40. The minimum absolute atomic E-state index is 0.164. The Balaban J connectivity index is 2.37. The number of benzene rings is 1. The van der Waals surface area contributed by atoms with Gasteiger partial charge in [-0.2, -0.15) is 5.10 Å². The molecule has 0 saturated carbocycles. The van der Waals surface area contributed by atoms with Crippen molar-refractivity contribution in [3.8, 4) is 0 Å². The fourth-order valence-corrected chi connectivity index (χ4v) is 3.72. The highest BCUT2D eigenvalue weighted by Gasteiger charge is 2.21. The number of nitrogens with one attached hydrogen (secondary N) is 1. The molecule has 0 amide bonds. The second kappa shape index (κ2) is 6.72. The number of hydrogen-bond acceptors (Lipinski definition) is 4. The third kappa shape index (κ3) is 3.73. The monoisotopic (exact) mass is 337 g/mol. The largest absolute Gasteiger partial charge is 0.380 e. The lowest BCUT2D eigenvalue weighted by atomic mass is 10.2. The van der Waals surface area contributed by atoms with Crippen LogP contribution in [-0.2, 0) is 21.4 Å². The zero-order valence-corrected chi connectivity index (χ0v) is 14.9. The summed E-state index contributed by atoms with van der Waals surface area (Å²) >= 11 is 0. The Bertz CT molecular complexity index is 795. The van der Waals surface area contributed by atoms with Crippen LogP contribution in [0.1, 0.15) is 36.8 Å². The summed E-state index contributed by atoms with van der Waals surface area (Å²) in [7, 11) is -2.09. The van der Waals surface area contributed by atoms with E-state index in [0.717, 1.165) is 11.3 Å². The van der Waals surface area contributed by atoms with Crippen molar-refractivity contribution in [3.63, 3.8) is 0 Å². The average molecular weight is 337 g/mol. The van der Waals surface area contributed by atoms with Crippen LogP contribution in [0.3, 0.4) is 0 Å². The standard InChI is InChI=1S/C16H23N3O3S/c1-11(2)19-13(4)16(12(3)17-19)18-23(20,21)15-8-6-7-14(9-15)10-22-5/h6-9,11,18H,10H2,1-5H3. The third-order valence-electron chi connectivity index (χ3n) is 3.57. The molecule has 0 aliphatic heterocycles. The highest BCUT2D eigenvalue weighted by molar-refractivity contribution is 7.92. The summed E-state index contributed by atoms with van der Waals surface area (Å²) in [5.74, 6) is 0. The van der Waals surface area contributed by atoms with Gasteiger partial charge in [0.05, 0.1) is 28.6 Å². The number of aryl methyl sites for hydroxylation is 1. The number of nitrogens with zero attached hydrogens (tertiary/aromatic N) is 2. The number of methoxy groups -OCH3 is 1. The number of ether oxygens (including phenoxy) is 1. The molecule has 1 N–H and O–H groups in total. The molecule has 23 heavy (non-hydrogen) atoms. The molecule has 0 radical (unpaired) electrons. The fourth-order valence-electron chi connectivity index (χ4n) is 2.48. The lowest BCUT2D eigenvalue weighted by Crippen LogP contribution is -2.14. The summed E-state index contributed by atoms with van der Waals surface area (Å²) in [4.78, 5) is 0.211. The van der Waals surface area contributed by atoms with Crippen molar-refractivity contribution in [2.24, 2.45) is 0 Å². The van der Waals surface area contributed by atoms with Crippen molar-refractivity contribution in [1.82, 2.24) is 9.78 Å². The predicted molar refractivity (Wildman–Crippen MR) is 90.0 cm³/mol. The summed E-state index contributed by atoms with van der Waals surface area (Å²) in [6, 6.07) is 6.88. The van der Waals surface area contributed by atoms with Crippen molar-refractivity contribution >= 4 is 15.7 Å². The normalized spacial score (nSPS) is 11.9. The second-order valence-corrected chi connectivity index (χ2v) is 7.45. The number of sulfonamides is 1. The Hall–Kier alpha value is -1.86. The molecule has 126 valence electrons. The van der Waals surface area contributed by atoms with Crippen LogP contribution in [0.5, 0.6) is 0 Å². The molecule has 2 aromatic rings. The van der Waals surface area contributed by atoms with Crippen LogP contribution < -0.4 is 4.72 Å².